The molecule has 3 nitrogen and oxygen atoms in total. The summed E-state index contributed by atoms with van der Waals surface area (Å²) in [5.74, 6) is 0. The van der Waals surface area contributed by atoms with E-state index in [4.69, 9.17) is 0 Å². The quantitative estimate of drug-likeness (QED) is 0.913. The molecule has 0 radical (unpaired) electrons. The average molecular weight is 254 g/mol. The Morgan fingerprint density at radius 2 is 2.00 bits per heavy atom. The van der Waals surface area contributed by atoms with Crippen molar-refractivity contribution in [3.8, 4) is 11.1 Å². The molecule has 2 aromatic rings. The molecule has 1 aromatic heterocycles. The topological polar surface area (TPSA) is 36.4 Å². The van der Waals surface area contributed by atoms with Crippen LogP contribution in [-0.2, 0) is 6.54 Å². The first kappa shape index (κ1) is 12.3. The van der Waals surface area contributed by atoms with Crippen molar-refractivity contribution in [2.45, 2.75) is 19.1 Å². The summed E-state index contributed by atoms with van der Waals surface area (Å²) in [7, 11) is 0. The Labute approximate surface area is 113 Å². The molecule has 1 saturated heterocycles. The molecule has 1 aliphatic heterocycles. The Morgan fingerprint density at radius 1 is 1.16 bits per heavy atom. The smallest absolute Gasteiger partial charge is 0.0679 e. The Morgan fingerprint density at radius 3 is 2.74 bits per heavy atom. The molecule has 0 saturated carbocycles. The molecule has 2 heterocycles. The van der Waals surface area contributed by atoms with Crippen LogP contribution in [0.3, 0.4) is 0 Å². The van der Waals surface area contributed by atoms with Gasteiger partial charge in [-0.2, -0.15) is 0 Å². The summed E-state index contributed by atoms with van der Waals surface area (Å²) >= 11 is 0. The van der Waals surface area contributed by atoms with Crippen LogP contribution in [0.15, 0.2) is 48.8 Å². The molecule has 0 amide bonds. The molecule has 1 fully saturated rings. The van der Waals surface area contributed by atoms with Crippen molar-refractivity contribution >= 4 is 0 Å². The summed E-state index contributed by atoms with van der Waals surface area (Å²) in [5.41, 5.74) is 3.71. The van der Waals surface area contributed by atoms with Gasteiger partial charge in [0.1, 0.15) is 0 Å². The Hall–Kier alpha value is -1.71. The van der Waals surface area contributed by atoms with Gasteiger partial charge in [0.05, 0.1) is 6.10 Å². The van der Waals surface area contributed by atoms with E-state index in [1.807, 2.05) is 24.5 Å². The zero-order valence-corrected chi connectivity index (χ0v) is 10.9. The third-order valence-electron chi connectivity index (χ3n) is 3.59. The zero-order valence-electron chi connectivity index (χ0n) is 10.9. The van der Waals surface area contributed by atoms with Gasteiger partial charge >= 0.3 is 0 Å². The normalized spacial score (nSPS) is 19.7. The van der Waals surface area contributed by atoms with E-state index in [-0.39, 0.29) is 6.10 Å². The molecule has 0 spiro atoms. The first-order valence-electron chi connectivity index (χ1n) is 6.71. The first-order valence-corrected chi connectivity index (χ1v) is 6.71. The van der Waals surface area contributed by atoms with E-state index in [2.05, 4.69) is 34.1 Å². The summed E-state index contributed by atoms with van der Waals surface area (Å²) in [6, 6.07) is 12.6. The fraction of sp³-hybridized carbons (Fsp3) is 0.312. The standard InChI is InChI=1S/C16H18N2O/c19-16-6-9-18(12-16)11-13-2-1-3-15(10-13)14-4-7-17-8-5-14/h1-5,7-8,10,16,19H,6,9,11-12H2/t16-/m0/s1. The van der Waals surface area contributed by atoms with Crippen LogP contribution in [0, 0.1) is 0 Å². The van der Waals surface area contributed by atoms with E-state index in [1.54, 1.807) is 0 Å². The summed E-state index contributed by atoms with van der Waals surface area (Å²) in [5, 5.41) is 9.56. The molecular formula is C16H18N2O. The van der Waals surface area contributed by atoms with Gasteiger partial charge in [0.25, 0.3) is 0 Å². The van der Waals surface area contributed by atoms with Crippen molar-refractivity contribution in [1.82, 2.24) is 9.88 Å². The van der Waals surface area contributed by atoms with Crippen LogP contribution in [-0.4, -0.2) is 34.2 Å². The van der Waals surface area contributed by atoms with E-state index in [0.29, 0.717) is 0 Å². The number of aromatic nitrogens is 1. The second-order valence-corrected chi connectivity index (χ2v) is 5.11. The van der Waals surface area contributed by atoms with Gasteiger partial charge in [0, 0.05) is 32.0 Å². The number of aliphatic hydroxyl groups excluding tert-OH is 1. The van der Waals surface area contributed by atoms with Crippen molar-refractivity contribution in [1.29, 1.82) is 0 Å². The number of pyridine rings is 1. The molecule has 0 bridgehead atoms. The van der Waals surface area contributed by atoms with Gasteiger partial charge in [-0.15, -0.1) is 0 Å². The summed E-state index contributed by atoms with van der Waals surface area (Å²) < 4.78 is 0. The number of rotatable bonds is 3. The maximum Gasteiger partial charge on any atom is 0.0679 e. The summed E-state index contributed by atoms with van der Waals surface area (Å²) in [6.07, 6.45) is 4.38. The van der Waals surface area contributed by atoms with Crippen molar-refractivity contribution in [3.63, 3.8) is 0 Å². The molecule has 3 rings (SSSR count). The molecular weight excluding hydrogens is 236 g/mol. The number of hydrogen-bond acceptors (Lipinski definition) is 3. The molecule has 1 aromatic carbocycles. The maximum atomic E-state index is 9.56. The predicted molar refractivity (Wildman–Crippen MR) is 75.6 cm³/mol. The van der Waals surface area contributed by atoms with Gasteiger partial charge in [-0.25, -0.2) is 0 Å². The molecule has 0 aliphatic carbocycles. The lowest BCUT2D eigenvalue weighted by molar-refractivity contribution is 0.175. The highest BCUT2D eigenvalue weighted by molar-refractivity contribution is 5.63. The number of benzene rings is 1. The minimum atomic E-state index is -0.150. The average Bonchev–Trinajstić information content (AvgIpc) is 2.85. The molecule has 0 unspecified atom stereocenters. The lowest BCUT2D eigenvalue weighted by atomic mass is 10.0. The number of likely N-dealkylation sites (tertiary alicyclic amines) is 1. The second-order valence-electron chi connectivity index (χ2n) is 5.11. The number of β-amino-alcohol motifs (C(OH)–C–C–N with tert-alkyl or cyclic N) is 1. The molecule has 1 aliphatic rings. The van der Waals surface area contributed by atoms with E-state index >= 15 is 0 Å². The van der Waals surface area contributed by atoms with E-state index in [1.165, 1.54) is 16.7 Å². The van der Waals surface area contributed by atoms with E-state index in [9.17, 15) is 5.11 Å². The highest BCUT2D eigenvalue weighted by Gasteiger charge is 2.19. The molecule has 19 heavy (non-hydrogen) atoms. The van der Waals surface area contributed by atoms with Gasteiger partial charge in [0.2, 0.25) is 0 Å². The van der Waals surface area contributed by atoms with Crippen LogP contribution in [0.4, 0.5) is 0 Å². The lowest BCUT2D eigenvalue weighted by Gasteiger charge is -2.15. The number of hydrogen-bond donors (Lipinski definition) is 1. The highest BCUT2D eigenvalue weighted by Crippen LogP contribution is 2.21. The summed E-state index contributed by atoms with van der Waals surface area (Å²) in [4.78, 5) is 6.35. The minimum absolute atomic E-state index is 0.150. The van der Waals surface area contributed by atoms with Crippen molar-refractivity contribution < 1.29 is 5.11 Å². The van der Waals surface area contributed by atoms with Crippen molar-refractivity contribution in [3.05, 3.63) is 54.4 Å². The van der Waals surface area contributed by atoms with Crippen molar-refractivity contribution in [2.75, 3.05) is 13.1 Å². The van der Waals surface area contributed by atoms with E-state index in [0.717, 1.165) is 26.1 Å². The van der Waals surface area contributed by atoms with Gasteiger partial charge in [-0.3, -0.25) is 9.88 Å². The Kier molecular flexibility index (Phi) is 3.58. The first-order chi connectivity index (χ1) is 9.31. The number of aliphatic hydroxyl groups is 1. The molecule has 1 N–H and O–H groups in total. The fourth-order valence-corrected chi connectivity index (χ4v) is 2.61. The number of nitrogens with zero attached hydrogens (tertiary/aromatic N) is 2. The van der Waals surface area contributed by atoms with Crippen LogP contribution < -0.4 is 0 Å². The van der Waals surface area contributed by atoms with Gasteiger partial charge in [-0.05, 0) is 41.3 Å². The van der Waals surface area contributed by atoms with Crippen LogP contribution in [0.2, 0.25) is 0 Å². The second kappa shape index (κ2) is 5.51. The lowest BCUT2D eigenvalue weighted by Crippen LogP contribution is -2.21. The van der Waals surface area contributed by atoms with Gasteiger partial charge in [-0.1, -0.05) is 18.2 Å². The van der Waals surface area contributed by atoms with Crippen LogP contribution in [0.5, 0.6) is 0 Å². The van der Waals surface area contributed by atoms with Gasteiger partial charge in [0.15, 0.2) is 0 Å². The predicted octanol–water partition coefficient (Wildman–Crippen LogP) is 2.32. The fourth-order valence-electron chi connectivity index (χ4n) is 2.61. The van der Waals surface area contributed by atoms with Crippen molar-refractivity contribution in [2.24, 2.45) is 0 Å². The Balaban J connectivity index is 1.77. The molecule has 3 heteroatoms. The zero-order chi connectivity index (χ0) is 13.1. The molecule has 98 valence electrons. The third-order valence-corrected chi connectivity index (χ3v) is 3.59. The Bertz CT molecular complexity index is 541. The van der Waals surface area contributed by atoms with Crippen LogP contribution in [0.25, 0.3) is 11.1 Å². The van der Waals surface area contributed by atoms with Crippen LogP contribution in [0.1, 0.15) is 12.0 Å². The monoisotopic (exact) mass is 254 g/mol. The highest BCUT2D eigenvalue weighted by atomic mass is 16.3. The summed E-state index contributed by atoms with van der Waals surface area (Å²) in [6.45, 7) is 2.69. The maximum absolute atomic E-state index is 9.56. The molecule has 1 atom stereocenters. The van der Waals surface area contributed by atoms with E-state index < -0.39 is 0 Å². The van der Waals surface area contributed by atoms with Crippen LogP contribution >= 0.6 is 0 Å². The SMILES string of the molecule is O[C@H]1CCN(Cc2cccc(-c3ccncc3)c2)C1. The largest absolute Gasteiger partial charge is 0.392 e. The third kappa shape index (κ3) is 3.00. The van der Waals surface area contributed by atoms with Gasteiger partial charge < -0.3 is 5.11 Å². The minimum Gasteiger partial charge on any atom is -0.392 e.